The molecule has 0 bridgehead atoms. The summed E-state index contributed by atoms with van der Waals surface area (Å²) in [6.07, 6.45) is 9.37. The van der Waals surface area contributed by atoms with Gasteiger partial charge in [0, 0.05) is 36.6 Å². The zero-order valence-corrected chi connectivity index (χ0v) is 15.7. The van der Waals surface area contributed by atoms with Crippen LogP contribution >= 0.6 is 7.60 Å². The molecule has 0 saturated carbocycles. The van der Waals surface area contributed by atoms with Crippen LogP contribution in [0.5, 0.6) is 0 Å². The topological polar surface area (TPSA) is 104 Å². The Morgan fingerprint density at radius 2 is 2.00 bits per heavy atom. The summed E-state index contributed by atoms with van der Waals surface area (Å²) in [6, 6.07) is 6.10. The quantitative estimate of drug-likeness (QED) is 0.649. The van der Waals surface area contributed by atoms with Crippen LogP contribution in [0.15, 0.2) is 43.2 Å². The lowest BCUT2D eigenvalue weighted by Gasteiger charge is -2.33. The molecular weight excluding hydrogens is 365 g/mol. The minimum Gasteiger partial charge on any atom is -0.356 e. The highest BCUT2D eigenvalue weighted by Crippen LogP contribution is 2.38. The van der Waals surface area contributed by atoms with Gasteiger partial charge in [0.15, 0.2) is 0 Å². The average Bonchev–Trinajstić information content (AvgIpc) is 3.20. The summed E-state index contributed by atoms with van der Waals surface area (Å²) in [5.74, 6) is 1.28. The SMILES string of the molecule is O=P(O)(O)CCC1CCN(c2ncnc3cc(-n4ccnc4)ccc23)CC1. The van der Waals surface area contributed by atoms with Crippen molar-refractivity contribution in [2.75, 3.05) is 24.2 Å². The average molecular weight is 387 g/mol. The van der Waals surface area contributed by atoms with E-state index in [-0.39, 0.29) is 6.16 Å². The van der Waals surface area contributed by atoms with Crippen LogP contribution in [-0.4, -0.2) is 48.6 Å². The number of piperidine rings is 1. The third-order valence-corrected chi connectivity index (χ3v) is 5.99. The van der Waals surface area contributed by atoms with Crippen molar-refractivity contribution in [2.45, 2.75) is 19.3 Å². The number of hydrogen-bond donors (Lipinski definition) is 2. The van der Waals surface area contributed by atoms with E-state index >= 15 is 0 Å². The smallest absolute Gasteiger partial charge is 0.325 e. The van der Waals surface area contributed by atoms with Gasteiger partial charge in [0.25, 0.3) is 0 Å². The molecule has 9 heteroatoms. The largest absolute Gasteiger partial charge is 0.356 e. The summed E-state index contributed by atoms with van der Waals surface area (Å²) in [6.45, 7) is 1.67. The van der Waals surface area contributed by atoms with Crippen molar-refractivity contribution in [3.8, 4) is 5.69 Å². The van der Waals surface area contributed by atoms with Gasteiger partial charge in [-0.25, -0.2) is 15.0 Å². The number of hydrogen-bond acceptors (Lipinski definition) is 5. The standard InChI is InChI=1S/C18H22N5O3P/c24-27(25,26)10-5-14-3-7-22(8-4-14)18-16-2-1-15(23-9-6-19-13-23)11-17(16)20-12-21-18/h1-2,6,9,11-14H,3-5,7-8,10H2,(H2,24,25,26). The molecule has 4 rings (SSSR count). The molecule has 0 atom stereocenters. The monoisotopic (exact) mass is 387 g/mol. The third-order valence-electron chi connectivity index (χ3n) is 5.14. The van der Waals surface area contributed by atoms with E-state index in [0.717, 1.165) is 48.3 Å². The van der Waals surface area contributed by atoms with Crippen LogP contribution in [0, 0.1) is 5.92 Å². The summed E-state index contributed by atoms with van der Waals surface area (Å²) in [4.78, 5) is 33.4. The van der Waals surface area contributed by atoms with Gasteiger partial charge in [-0.15, -0.1) is 0 Å². The zero-order chi connectivity index (χ0) is 18.9. The van der Waals surface area contributed by atoms with E-state index in [4.69, 9.17) is 9.79 Å². The first-order chi connectivity index (χ1) is 13.0. The van der Waals surface area contributed by atoms with E-state index in [0.29, 0.717) is 12.3 Å². The van der Waals surface area contributed by atoms with Gasteiger partial charge >= 0.3 is 7.60 Å². The van der Waals surface area contributed by atoms with Crippen molar-refractivity contribution in [1.82, 2.24) is 19.5 Å². The molecule has 2 aromatic heterocycles. The molecule has 1 aliphatic heterocycles. The molecule has 0 aliphatic carbocycles. The Hall–Kier alpha value is -2.28. The van der Waals surface area contributed by atoms with E-state index in [1.807, 2.05) is 29.0 Å². The molecule has 1 aromatic carbocycles. The van der Waals surface area contributed by atoms with Gasteiger partial charge in [-0.1, -0.05) is 0 Å². The number of imidazole rings is 1. The molecule has 1 aliphatic rings. The molecule has 8 nitrogen and oxygen atoms in total. The Balaban J connectivity index is 1.50. The van der Waals surface area contributed by atoms with Gasteiger partial charge in [0.2, 0.25) is 0 Å². The van der Waals surface area contributed by atoms with E-state index in [1.165, 1.54) is 0 Å². The van der Waals surface area contributed by atoms with Crippen molar-refractivity contribution < 1.29 is 14.4 Å². The van der Waals surface area contributed by atoms with Crippen molar-refractivity contribution >= 4 is 24.3 Å². The number of nitrogens with zero attached hydrogens (tertiary/aromatic N) is 5. The Morgan fingerprint density at radius 3 is 2.70 bits per heavy atom. The number of aromatic nitrogens is 4. The van der Waals surface area contributed by atoms with Crippen LogP contribution < -0.4 is 4.90 Å². The van der Waals surface area contributed by atoms with Gasteiger partial charge in [0.05, 0.1) is 18.0 Å². The van der Waals surface area contributed by atoms with Gasteiger partial charge in [-0.05, 0) is 43.4 Å². The lowest BCUT2D eigenvalue weighted by molar-refractivity contribution is 0.350. The van der Waals surface area contributed by atoms with Crippen molar-refractivity contribution in [1.29, 1.82) is 0 Å². The van der Waals surface area contributed by atoms with Crippen molar-refractivity contribution in [3.63, 3.8) is 0 Å². The molecule has 2 N–H and O–H groups in total. The number of benzene rings is 1. The Morgan fingerprint density at radius 1 is 1.19 bits per heavy atom. The molecule has 3 heterocycles. The van der Waals surface area contributed by atoms with E-state index in [2.05, 4.69) is 19.9 Å². The van der Waals surface area contributed by atoms with Gasteiger partial charge in [-0.3, -0.25) is 4.57 Å². The lowest BCUT2D eigenvalue weighted by atomic mass is 9.94. The Labute approximate surface area is 157 Å². The Kier molecular flexibility index (Phi) is 4.95. The van der Waals surface area contributed by atoms with E-state index in [9.17, 15) is 4.57 Å². The first kappa shape index (κ1) is 18.1. The number of fused-ring (bicyclic) bond motifs is 1. The summed E-state index contributed by atoms with van der Waals surface area (Å²) < 4.78 is 13.0. The molecule has 0 unspecified atom stereocenters. The van der Waals surface area contributed by atoms with Gasteiger partial charge < -0.3 is 19.3 Å². The van der Waals surface area contributed by atoms with Crippen molar-refractivity contribution in [2.24, 2.45) is 5.92 Å². The maximum absolute atomic E-state index is 11.1. The third kappa shape index (κ3) is 4.18. The molecular formula is C18H22N5O3P. The fourth-order valence-corrected chi connectivity index (χ4v) is 4.34. The predicted molar refractivity (Wildman–Crippen MR) is 103 cm³/mol. The fourth-order valence-electron chi connectivity index (χ4n) is 3.64. The minimum absolute atomic E-state index is 0.0227. The molecule has 0 spiro atoms. The maximum atomic E-state index is 11.1. The molecule has 142 valence electrons. The van der Waals surface area contributed by atoms with E-state index < -0.39 is 7.60 Å². The normalized spacial score (nSPS) is 16.1. The second kappa shape index (κ2) is 7.38. The molecule has 27 heavy (non-hydrogen) atoms. The fraction of sp³-hybridized carbons (Fsp3) is 0.389. The Bertz CT molecular complexity index is 964. The molecule has 0 amide bonds. The first-order valence-electron chi connectivity index (χ1n) is 9.02. The highest BCUT2D eigenvalue weighted by molar-refractivity contribution is 7.51. The zero-order valence-electron chi connectivity index (χ0n) is 14.8. The molecule has 0 radical (unpaired) electrons. The second-order valence-electron chi connectivity index (χ2n) is 6.98. The highest BCUT2D eigenvalue weighted by atomic mass is 31.2. The summed E-state index contributed by atoms with van der Waals surface area (Å²) in [5, 5.41) is 1.01. The van der Waals surface area contributed by atoms with Crippen LogP contribution in [0.1, 0.15) is 19.3 Å². The van der Waals surface area contributed by atoms with Crippen LogP contribution in [0.2, 0.25) is 0 Å². The summed E-state index contributed by atoms with van der Waals surface area (Å²) in [5.41, 5.74) is 1.88. The lowest BCUT2D eigenvalue weighted by Crippen LogP contribution is -2.34. The summed E-state index contributed by atoms with van der Waals surface area (Å²) >= 11 is 0. The van der Waals surface area contributed by atoms with Crippen LogP contribution in [-0.2, 0) is 4.57 Å². The number of anilines is 1. The van der Waals surface area contributed by atoms with Crippen LogP contribution in [0.25, 0.3) is 16.6 Å². The van der Waals surface area contributed by atoms with Gasteiger partial charge in [-0.2, -0.15) is 0 Å². The summed E-state index contributed by atoms with van der Waals surface area (Å²) in [7, 11) is -3.90. The van der Waals surface area contributed by atoms with Gasteiger partial charge in [0.1, 0.15) is 12.1 Å². The molecule has 3 aromatic rings. The molecule has 1 fully saturated rings. The van der Waals surface area contributed by atoms with Crippen LogP contribution in [0.3, 0.4) is 0 Å². The highest BCUT2D eigenvalue weighted by Gasteiger charge is 2.24. The van der Waals surface area contributed by atoms with Crippen LogP contribution in [0.4, 0.5) is 5.82 Å². The van der Waals surface area contributed by atoms with Crippen molar-refractivity contribution in [3.05, 3.63) is 43.2 Å². The first-order valence-corrected chi connectivity index (χ1v) is 10.8. The molecule has 1 saturated heterocycles. The second-order valence-corrected chi connectivity index (χ2v) is 8.75. The maximum Gasteiger partial charge on any atom is 0.325 e. The van der Waals surface area contributed by atoms with E-state index in [1.54, 1.807) is 18.9 Å². The minimum atomic E-state index is -3.90. The predicted octanol–water partition coefficient (Wildman–Crippen LogP) is 2.60. The number of rotatable bonds is 5.